The van der Waals surface area contributed by atoms with E-state index in [1.165, 1.54) is 7.11 Å². The Morgan fingerprint density at radius 3 is 2.62 bits per heavy atom. The van der Waals surface area contributed by atoms with Crippen molar-refractivity contribution in [2.75, 3.05) is 33.4 Å². The Morgan fingerprint density at radius 1 is 1.29 bits per heavy atom. The summed E-state index contributed by atoms with van der Waals surface area (Å²) >= 11 is 0. The van der Waals surface area contributed by atoms with Crippen LogP contribution in [0.2, 0.25) is 0 Å². The molecule has 2 heterocycles. The molecule has 0 amide bonds. The Kier molecular flexibility index (Phi) is 6.02. The van der Waals surface area contributed by atoms with Crippen LogP contribution in [0.25, 0.3) is 0 Å². The molecule has 2 rings (SSSR count). The van der Waals surface area contributed by atoms with E-state index in [4.69, 9.17) is 14.2 Å². The van der Waals surface area contributed by atoms with Gasteiger partial charge in [0.05, 0.1) is 31.3 Å². The van der Waals surface area contributed by atoms with Crippen molar-refractivity contribution in [1.82, 2.24) is 4.90 Å². The highest BCUT2D eigenvalue weighted by Crippen LogP contribution is 2.30. The first-order valence-electron chi connectivity index (χ1n) is 8.07. The molecule has 0 aromatic carbocycles. The molecule has 2 saturated heterocycles. The lowest BCUT2D eigenvalue weighted by molar-refractivity contribution is -0.141. The van der Waals surface area contributed by atoms with Crippen LogP contribution in [-0.2, 0) is 19.0 Å². The number of hydrogen-bond donors (Lipinski definition) is 0. The topological polar surface area (TPSA) is 48.0 Å². The highest BCUT2D eigenvalue weighted by atomic mass is 16.5. The Bertz CT molecular complexity index is 339. The fraction of sp³-hybridized carbons (Fsp3) is 0.938. The zero-order chi connectivity index (χ0) is 15.3. The Balaban J connectivity index is 1.83. The maximum Gasteiger partial charge on any atom is 0.306 e. The van der Waals surface area contributed by atoms with Gasteiger partial charge in [-0.05, 0) is 39.5 Å². The molecule has 2 fully saturated rings. The van der Waals surface area contributed by atoms with E-state index < -0.39 is 0 Å². The number of esters is 1. The van der Waals surface area contributed by atoms with Crippen LogP contribution in [0, 0.1) is 0 Å². The Morgan fingerprint density at radius 2 is 2.05 bits per heavy atom. The first-order valence-corrected chi connectivity index (χ1v) is 8.07. The van der Waals surface area contributed by atoms with Crippen LogP contribution in [0.3, 0.4) is 0 Å². The van der Waals surface area contributed by atoms with Crippen LogP contribution in [0.5, 0.6) is 0 Å². The van der Waals surface area contributed by atoms with Gasteiger partial charge in [0, 0.05) is 26.2 Å². The van der Waals surface area contributed by atoms with Gasteiger partial charge in [-0.1, -0.05) is 0 Å². The largest absolute Gasteiger partial charge is 0.469 e. The fourth-order valence-corrected chi connectivity index (χ4v) is 3.18. The van der Waals surface area contributed by atoms with Crippen LogP contribution in [-0.4, -0.2) is 62.0 Å². The highest BCUT2D eigenvalue weighted by molar-refractivity contribution is 5.69. The Hall–Kier alpha value is -0.650. The minimum atomic E-state index is -0.153. The van der Waals surface area contributed by atoms with E-state index in [1.807, 2.05) is 0 Å². The molecular weight excluding hydrogens is 270 g/mol. The second kappa shape index (κ2) is 7.56. The molecule has 0 aliphatic carbocycles. The molecule has 0 bridgehead atoms. The zero-order valence-electron chi connectivity index (χ0n) is 13.6. The minimum absolute atomic E-state index is 0.0114. The van der Waals surface area contributed by atoms with Gasteiger partial charge < -0.3 is 14.2 Å². The van der Waals surface area contributed by atoms with Crippen LogP contribution in [0.15, 0.2) is 0 Å². The van der Waals surface area contributed by atoms with Gasteiger partial charge in [0.25, 0.3) is 0 Å². The van der Waals surface area contributed by atoms with Crippen LogP contribution >= 0.6 is 0 Å². The average Bonchev–Trinajstić information content (AvgIpc) is 3.05. The first-order chi connectivity index (χ1) is 9.98. The van der Waals surface area contributed by atoms with Gasteiger partial charge in [-0.3, -0.25) is 9.69 Å². The van der Waals surface area contributed by atoms with E-state index in [0.717, 1.165) is 45.4 Å². The lowest BCUT2D eigenvalue weighted by Gasteiger charge is -2.28. The summed E-state index contributed by atoms with van der Waals surface area (Å²) in [6.45, 7) is 7.63. The molecule has 21 heavy (non-hydrogen) atoms. The Labute approximate surface area is 127 Å². The quantitative estimate of drug-likeness (QED) is 0.673. The molecule has 122 valence electrons. The van der Waals surface area contributed by atoms with E-state index in [0.29, 0.717) is 19.1 Å². The number of nitrogens with zero attached hydrogens (tertiary/aromatic N) is 1. The summed E-state index contributed by atoms with van der Waals surface area (Å²) in [6, 6.07) is 0. The van der Waals surface area contributed by atoms with E-state index in [1.54, 1.807) is 0 Å². The number of rotatable bonds is 7. The molecule has 0 spiro atoms. The summed E-state index contributed by atoms with van der Waals surface area (Å²) in [5.41, 5.74) is -0.0114. The van der Waals surface area contributed by atoms with Crippen molar-refractivity contribution in [1.29, 1.82) is 0 Å². The van der Waals surface area contributed by atoms with Gasteiger partial charge in [-0.15, -0.1) is 0 Å². The number of carbonyl (C=O) groups is 1. The smallest absolute Gasteiger partial charge is 0.306 e. The second-order valence-electron chi connectivity index (χ2n) is 6.76. The molecule has 0 N–H and O–H groups in total. The van der Waals surface area contributed by atoms with Gasteiger partial charge in [-0.2, -0.15) is 0 Å². The first kappa shape index (κ1) is 16.7. The van der Waals surface area contributed by atoms with Crippen molar-refractivity contribution >= 4 is 5.97 Å². The number of methoxy groups -OCH3 is 1. The third-order valence-corrected chi connectivity index (χ3v) is 4.36. The van der Waals surface area contributed by atoms with E-state index in [9.17, 15) is 4.79 Å². The summed E-state index contributed by atoms with van der Waals surface area (Å²) in [7, 11) is 1.44. The van der Waals surface area contributed by atoms with Gasteiger partial charge in [-0.25, -0.2) is 0 Å². The summed E-state index contributed by atoms with van der Waals surface area (Å²) in [6.07, 6.45) is 5.44. The molecule has 2 unspecified atom stereocenters. The van der Waals surface area contributed by atoms with Crippen LogP contribution in [0.1, 0.15) is 46.0 Å². The summed E-state index contributed by atoms with van der Waals surface area (Å²) in [4.78, 5) is 13.7. The van der Waals surface area contributed by atoms with Crippen molar-refractivity contribution < 1.29 is 19.0 Å². The van der Waals surface area contributed by atoms with Crippen molar-refractivity contribution in [3.8, 4) is 0 Å². The molecule has 5 nitrogen and oxygen atoms in total. The third kappa shape index (κ3) is 5.57. The van der Waals surface area contributed by atoms with Gasteiger partial charge in [0.1, 0.15) is 0 Å². The second-order valence-corrected chi connectivity index (χ2v) is 6.76. The molecule has 0 aromatic heterocycles. The number of carbonyl (C=O) groups excluding carboxylic acids is 1. The monoisotopic (exact) mass is 299 g/mol. The fourth-order valence-electron chi connectivity index (χ4n) is 3.18. The SMILES string of the molecule is COC(=O)CCN(CC1CCCO1)CC1CCC(C)(C)O1. The van der Waals surface area contributed by atoms with E-state index >= 15 is 0 Å². The summed E-state index contributed by atoms with van der Waals surface area (Å²) in [5, 5.41) is 0. The van der Waals surface area contributed by atoms with Crippen LogP contribution in [0.4, 0.5) is 0 Å². The van der Waals surface area contributed by atoms with Crippen molar-refractivity contribution in [3.05, 3.63) is 0 Å². The molecule has 2 aliphatic heterocycles. The summed E-state index contributed by atoms with van der Waals surface area (Å²) in [5.74, 6) is -0.153. The molecule has 0 saturated carbocycles. The molecule has 0 radical (unpaired) electrons. The van der Waals surface area contributed by atoms with Crippen molar-refractivity contribution in [3.63, 3.8) is 0 Å². The lowest BCUT2D eigenvalue weighted by atomic mass is 10.1. The van der Waals surface area contributed by atoms with Gasteiger partial charge in [0.15, 0.2) is 0 Å². The minimum Gasteiger partial charge on any atom is -0.469 e. The standard InChI is InChI=1S/C16H29NO4/c1-16(2)8-6-14(21-16)12-17(9-7-15(18)19-3)11-13-5-4-10-20-13/h13-14H,4-12H2,1-3H3. The number of ether oxygens (including phenoxy) is 3. The van der Waals surface area contributed by atoms with E-state index in [-0.39, 0.29) is 17.7 Å². The average molecular weight is 299 g/mol. The number of hydrogen-bond acceptors (Lipinski definition) is 5. The molecule has 2 atom stereocenters. The summed E-state index contributed by atoms with van der Waals surface area (Å²) < 4.78 is 16.5. The zero-order valence-corrected chi connectivity index (χ0v) is 13.6. The maximum absolute atomic E-state index is 11.4. The highest BCUT2D eigenvalue weighted by Gasteiger charge is 2.33. The lowest BCUT2D eigenvalue weighted by Crippen LogP contribution is -2.39. The van der Waals surface area contributed by atoms with Gasteiger partial charge in [0.2, 0.25) is 0 Å². The van der Waals surface area contributed by atoms with E-state index in [2.05, 4.69) is 18.7 Å². The van der Waals surface area contributed by atoms with Crippen molar-refractivity contribution in [2.24, 2.45) is 0 Å². The third-order valence-electron chi connectivity index (χ3n) is 4.36. The van der Waals surface area contributed by atoms with Crippen molar-refractivity contribution in [2.45, 2.75) is 63.8 Å². The molecule has 5 heteroatoms. The molecular formula is C16H29NO4. The maximum atomic E-state index is 11.4. The molecule has 2 aliphatic rings. The molecule has 0 aromatic rings. The van der Waals surface area contributed by atoms with Gasteiger partial charge >= 0.3 is 5.97 Å². The normalized spacial score (nSPS) is 28.2. The predicted octanol–water partition coefficient (Wildman–Crippen LogP) is 1.99. The van der Waals surface area contributed by atoms with Crippen LogP contribution < -0.4 is 0 Å². The predicted molar refractivity (Wildman–Crippen MR) is 80.2 cm³/mol.